The van der Waals surface area contributed by atoms with E-state index in [1.54, 1.807) is 5.38 Å². The van der Waals surface area contributed by atoms with Crippen LogP contribution in [0.25, 0.3) is 4.96 Å². The van der Waals surface area contributed by atoms with Gasteiger partial charge in [0, 0.05) is 18.1 Å². The van der Waals surface area contributed by atoms with Crippen LogP contribution in [-0.2, 0) is 10.0 Å². The fraction of sp³-hybridized carbons (Fsp3) is 0.444. The zero-order chi connectivity index (χ0) is 15.1. The van der Waals surface area contributed by atoms with Crippen LogP contribution in [0.2, 0.25) is 5.15 Å². The standard InChI is InChI=1S/C9H9ClF3N3O2S2/c1-2-15(5-9(11,12)13)20(17,18)7-6(10)14-8-16(7)3-4-19-8/h3-4H,2,5H2,1H3. The normalized spacial score (nSPS) is 13.5. The van der Waals surface area contributed by atoms with Gasteiger partial charge in [-0.3, -0.25) is 4.40 Å². The number of hydrogen-bond donors (Lipinski definition) is 0. The molecule has 11 heteroatoms. The van der Waals surface area contributed by atoms with Crippen molar-refractivity contribution in [3.63, 3.8) is 0 Å². The molecule has 0 bridgehead atoms. The number of halogens is 4. The van der Waals surface area contributed by atoms with Gasteiger partial charge >= 0.3 is 6.18 Å². The molecule has 2 heterocycles. The monoisotopic (exact) mass is 347 g/mol. The van der Waals surface area contributed by atoms with Gasteiger partial charge in [-0.25, -0.2) is 13.4 Å². The average molecular weight is 348 g/mol. The molecule has 0 aliphatic carbocycles. The zero-order valence-corrected chi connectivity index (χ0v) is 12.4. The number of imidazole rings is 1. The van der Waals surface area contributed by atoms with Crippen LogP contribution in [0.3, 0.4) is 0 Å². The van der Waals surface area contributed by atoms with Gasteiger partial charge < -0.3 is 0 Å². The topological polar surface area (TPSA) is 54.7 Å². The van der Waals surface area contributed by atoms with Gasteiger partial charge in [0.25, 0.3) is 10.0 Å². The summed E-state index contributed by atoms with van der Waals surface area (Å²) in [4.78, 5) is 4.11. The van der Waals surface area contributed by atoms with Crippen LogP contribution < -0.4 is 0 Å². The van der Waals surface area contributed by atoms with Gasteiger partial charge in [0.2, 0.25) is 0 Å². The molecule has 0 saturated carbocycles. The molecule has 2 aromatic rings. The summed E-state index contributed by atoms with van der Waals surface area (Å²) in [5.41, 5.74) is 0. The zero-order valence-electron chi connectivity index (χ0n) is 10.1. The first-order valence-electron chi connectivity index (χ1n) is 5.34. The maximum Gasteiger partial charge on any atom is 0.402 e. The summed E-state index contributed by atoms with van der Waals surface area (Å²) < 4.78 is 63.5. The summed E-state index contributed by atoms with van der Waals surface area (Å²) in [5, 5.41) is 0.788. The Bertz CT molecular complexity index is 722. The summed E-state index contributed by atoms with van der Waals surface area (Å²) >= 11 is 6.89. The number of aromatic nitrogens is 2. The van der Waals surface area contributed by atoms with Crippen molar-refractivity contribution in [3.8, 4) is 0 Å². The lowest BCUT2D eigenvalue weighted by Crippen LogP contribution is -2.39. The van der Waals surface area contributed by atoms with Gasteiger partial charge in [-0.05, 0) is 0 Å². The Morgan fingerprint density at radius 2 is 2.15 bits per heavy atom. The molecule has 0 aliphatic heterocycles. The van der Waals surface area contributed by atoms with Gasteiger partial charge in [-0.2, -0.15) is 17.5 Å². The molecule has 112 valence electrons. The molecule has 0 amide bonds. The van der Waals surface area contributed by atoms with E-state index in [0.29, 0.717) is 9.27 Å². The number of hydrogen-bond acceptors (Lipinski definition) is 4. The lowest BCUT2D eigenvalue weighted by atomic mass is 10.6. The van der Waals surface area contributed by atoms with E-state index < -0.39 is 27.8 Å². The highest BCUT2D eigenvalue weighted by Gasteiger charge is 2.38. The number of alkyl halides is 3. The average Bonchev–Trinajstić information content (AvgIpc) is 2.83. The Balaban J connectivity index is 2.53. The first kappa shape index (κ1) is 15.5. The van der Waals surface area contributed by atoms with E-state index >= 15 is 0 Å². The molecule has 2 aromatic heterocycles. The van der Waals surface area contributed by atoms with E-state index in [1.165, 1.54) is 17.5 Å². The van der Waals surface area contributed by atoms with Crippen LogP contribution in [0.5, 0.6) is 0 Å². The third kappa shape index (κ3) is 2.78. The lowest BCUT2D eigenvalue weighted by Gasteiger charge is -2.21. The van der Waals surface area contributed by atoms with Crippen molar-refractivity contribution in [2.24, 2.45) is 0 Å². The van der Waals surface area contributed by atoms with Gasteiger partial charge in [-0.1, -0.05) is 18.5 Å². The molecule has 0 fully saturated rings. The van der Waals surface area contributed by atoms with Crippen molar-refractivity contribution in [1.29, 1.82) is 0 Å². The third-order valence-corrected chi connectivity index (χ3v) is 5.55. The van der Waals surface area contributed by atoms with Crippen LogP contribution in [0, 0.1) is 0 Å². The van der Waals surface area contributed by atoms with Crippen molar-refractivity contribution < 1.29 is 21.6 Å². The molecule has 0 aromatic carbocycles. The molecular weight excluding hydrogens is 339 g/mol. The predicted octanol–water partition coefficient (Wildman–Crippen LogP) is 2.62. The van der Waals surface area contributed by atoms with E-state index in [9.17, 15) is 21.6 Å². The molecule has 0 saturated heterocycles. The molecular formula is C9H9ClF3N3O2S2. The molecule has 0 atom stereocenters. The van der Waals surface area contributed by atoms with Crippen molar-refractivity contribution in [2.45, 2.75) is 18.1 Å². The van der Waals surface area contributed by atoms with Gasteiger partial charge in [0.1, 0.15) is 6.54 Å². The number of thiazole rings is 1. The van der Waals surface area contributed by atoms with E-state index in [0.717, 1.165) is 11.3 Å². The van der Waals surface area contributed by atoms with Crippen LogP contribution in [0.1, 0.15) is 6.92 Å². The quantitative estimate of drug-likeness (QED) is 0.854. The van der Waals surface area contributed by atoms with Gasteiger partial charge in [0.05, 0.1) is 0 Å². The van der Waals surface area contributed by atoms with E-state index in [4.69, 9.17) is 11.6 Å². The highest BCUT2D eigenvalue weighted by molar-refractivity contribution is 7.89. The van der Waals surface area contributed by atoms with E-state index in [1.807, 2.05) is 0 Å². The summed E-state index contributed by atoms with van der Waals surface area (Å²) in [6.45, 7) is -0.571. The van der Waals surface area contributed by atoms with Crippen molar-refractivity contribution in [3.05, 3.63) is 16.7 Å². The van der Waals surface area contributed by atoms with E-state index in [2.05, 4.69) is 4.98 Å². The smallest absolute Gasteiger partial charge is 0.279 e. The molecule has 0 N–H and O–H groups in total. The molecule has 20 heavy (non-hydrogen) atoms. The second-order valence-corrected chi connectivity index (χ2v) is 6.89. The SMILES string of the molecule is CCN(CC(F)(F)F)S(=O)(=O)c1c(Cl)nc2sccn12. The number of rotatable bonds is 4. The predicted molar refractivity (Wildman–Crippen MR) is 68.6 cm³/mol. The third-order valence-electron chi connectivity index (χ3n) is 2.47. The summed E-state index contributed by atoms with van der Waals surface area (Å²) in [5.74, 6) is 0. The number of fused-ring (bicyclic) bond motifs is 1. The van der Waals surface area contributed by atoms with Crippen molar-refractivity contribution >= 4 is 37.9 Å². The number of nitrogens with zero attached hydrogens (tertiary/aromatic N) is 3. The Morgan fingerprint density at radius 1 is 1.50 bits per heavy atom. The van der Waals surface area contributed by atoms with Crippen molar-refractivity contribution in [1.82, 2.24) is 13.7 Å². The summed E-state index contributed by atoms with van der Waals surface area (Å²) in [7, 11) is -4.38. The van der Waals surface area contributed by atoms with Crippen LogP contribution in [0.15, 0.2) is 16.6 Å². The summed E-state index contributed by atoms with van der Waals surface area (Å²) in [6.07, 6.45) is -3.23. The molecule has 0 unspecified atom stereocenters. The minimum absolute atomic E-state index is 0.302. The van der Waals surface area contributed by atoms with Crippen LogP contribution >= 0.6 is 22.9 Å². The second kappa shape index (κ2) is 5.17. The van der Waals surface area contributed by atoms with Crippen LogP contribution in [-0.4, -0.2) is 41.4 Å². The highest BCUT2D eigenvalue weighted by atomic mass is 35.5. The molecule has 0 spiro atoms. The maximum absolute atomic E-state index is 12.5. The summed E-state index contributed by atoms with van der Waals surface area (Å²) in [6, 6.07) is 0. The van der Waals surface area contributed by atoms with Gasteiger partial charge in [0.15, 0.2) is 15.1 Å². The van der Waals surface area contributed by atoms with Gasteiger partial charge in [-0.15, -0.1) is 11.3 Å². The molecule has 2 rings (SSSR count). The Hall–Kier alpha value is -0.840. The molecule has 0 radical (unpaired) electrons. The second-order valence-electron chi connectivity index (χ2n) is 3.81. The number of sulfonamides is 1. The fourth-order valence-corrected chi connectivity index (χ4v) is 4.50. The first-order chi connectivity index (χ1) is 9.16. The fourth-order valence-electron chi connectivity index (χ4n) is 1.66. The highest BCUT2D eigenvalue weighted by Crippen LogP contribution is 2.29. The minimum Gasteiger partial charge on any atom is -0.279 e. The molecule has 5 nitrogen and oxygen atoms in total. The van der Waals surface area contributed by atoms with Crippen molar-refractivity contribution in [2.75, 3.05) is 13.1 Å². The lowest BCUT2D eigenvalue weighted by molar-refractivity contribution is -0.135. The van der Waals surface area contributed by atoms with E-state index in [-0.39, 0.29) is 11.7 Å². The largest absolute Gasteiger partial charge is 0.402 e. The Morgan fingerprint density at radius 3 is 2.70 bits per heavy atom. The Kier molecular flexibility index (Phi) is 4.02. The van der Waals surface area contributed by atoms with Crippen LogP contribution in [0.4, 0.5) is 13.2 Å². The molecule has 0 aliphatic rings. The minimum atomic E-state index is -4.63. The first-order valence-corrected chi connectivity index (χ1v) is 8.04. The maximum atomic E-state index is 12.5. The Labute approximate surface area is 121 Å².